The molecule has 0 aliphatic rings. The minimum absolute atomic E-state index is 0.0887. The number of carboxylic acids is 1. The summed E-state index contributed by atoms with van der Waals surface area (Å²) >= 11 is 0. The normalized spacial score (nSPS) is 14.8. The largest absolute Gasteiger partial charge is 0.479 e. The van der Waals surface area contributed by atoms with Gasteiger partial charge in [0.15, 0.2) is 11.3 Å². The molecule has 0 heterocycles. The van der Waals surface area contributed by atoms with Crippen LogP contribution in [0.2, 0.25) is 0 Å². The highest BCUT2D eigenvalue weighted by atomic mass is 16.4. The van der Waals surface area contributed by atoms with Gasteiger partial charge in [-0.2, -0.15) is 0 Å². The summed E-state index contributed by atoms with van der Waals surface area (Å²) in [5.41, 5.74) is 9.35. The third-order valence-electron chi connectivity index (χ3n) is 5.39. The van der Waals surface area contributed by atoms with Crippen LogP contribution in [0.3, 0.4) is 0 Å². The molecule has 3 atom stereocenters. The molecule has 2 aromatic rings. The number of benzene rings is 2. The number of hydrogen-bond donors (Lipinski definition) is 3. The fourth-order valence-electron chi connectivity index (χ4n) is 4.05. The average molecular weight is 440 g/mol. The number of carbonyl (C=O) groups excluding carboxylic acids is 3. The van der Waals surface area contributed by atoms with Crippen molar-refractivity contribution in [3.63, 3.8) is 0 Å². The van der Waals surface area contributed by atoms with Crippen LogP contribution in [-0.2, 0) is 19.9 Å². The molecule has 0 bridgehead atoms. The molecule has 0 spiro atoms. The number of imide groups is 1. The quantitative estimate of drug-likeness (QED) is 0.540. The molecule has 5 N–H and O–H groups in total. The Kier molecular flexibility index (Phi) is 8.02. The zero-order chi connectivity index (χ0) is 24.1. The Morgan fingerprint density at radius 3 is 1.84 bits per heavy atom. The molecule has 32 heavy (non-hydrogen) atoms. The second kappa shape index (κ2) is 10.3. The van der Waals surface area contributed by atoms with Crippen molar-refractivity contribution in [2.75, 3.05) is 6.54 Å². The second-order valence-electron chi connectivity index (χ2n) is 7.96. The molecule has 0 saturated heterocycles. The van der Waals surface area contributed by atoms with E-state index in [0.29, 0.717) is 4.90 Å². The third kappa shape index (κ3) is 4.46. The lowest BCUT2D eigenvalue weighted by molar-refractivity contribution is -0.166. The van der Waals surface area contributed by atoms with Gasteiger partial charge in [0.2, 0.25) is 5.91 Å². The topological polar surface area (TPSA) is 144 Å². The van der Waals surface area contributed by atoms with Crippen molar-refractivity contribution in [2.24, 2.45) is 23.3 Å². The SMILES string of the molecule is CC(N)C(=O)N(C(=O)c1ccccc1)C(C(=O)O)(c1ccccc1)C(C(=O)CN)C(C)C. The minimum atomic E-state index is -2.36. The Bertz CT molecular complexity index is 976. The van der Waals surface area contributed by atoms with Crippen LogP contribution in [0, 0.1) is 11.8 Å². The van der Waals surface area contributed by atoms with E-state index in [1.165, 1.54) is 31.2 Å². The number of aliphatic carboxylic acids is 1. The van der Waals surface area contributed by atoms with Gasteiger partial charge in [0.25, 0.3) is 5.91 Å². The number of nitrogens with zero attached hydrogens (tertiary/aromatic N) is 1. The van der Waals surface area contributed by atoms with E-state index in [-0.39, 0.29) is 11.1 Å². The predicted octanol–water partition coefficient (Wildman–Crippen LogP) is 1.78. The summed E-state index contributed by atoms with van der Waals surface area (Å²) in [5.74, 6) is -5.79. The van der Waals surface area contributed by atoms with Crippen molar-refractivity contribution in [1.82, 2.24) is 4.90 Å². The van der Waals surface area contributed by atoms with Crippen molar-refractivity contribution in [3.05, 3.63) is 71.8 Å². The molecule has 0 radical (unpaired) electrons. The Labute approximate surface area is 187 Å². The number of carboxylic acid groups (broad SMARTS) is 1. The molecule has 8 heteroatoms. The van der Waals surface area contributed by atoms with Crippen LogP contribution < -0.4 is 11.5 Å². The molecule has 2 amide bonds. The summed E-state index contributed by atoms with van der Waals surface area (Å²) in [4.78, 5) is 53.9. The summed E-state index contributed by atoms with van der Waals surface area (Å²) in [5, 5.41) is 10.7. The van der Waals surface area contributed by atoms with Gasteiger partial charge in [-0.05, 0) is 30.5 Å². The van der Waals surface area contributed by atoms with Crippen molar-refractivity contribution in [1.29, 1.82) is 0 Å². The molecular weight excluding hydrogens is 410 g/mol. The van der Waals surface area contributed by atoms with Crippen LogP contribution in [0.25, 0.3) is 0 Å². The minimum Gasteiger partial charge on any atom is -0.479 e. The highest BCUT2D eigenvalue weighted by molar-refractivity contribution is 6.11. The van der Waals surface area contributed by atoms with Crippen LogP contribution in [-0.4, -0.2) is 46.2 Å². The third-order valence-corrected chi connectivity index (χ3v) is 5.39. The molecule has 0 aliphatic heterocycles. The average Bonchev–Trinajstić information content (AvgIpc) is 2.78. The van der Waals surface area contributed by atoms with E-state index in [4.69, 9.17) is 11.5 Å². The molecule has 0 saturated carbocycles. The van der Waals surface area contributed by atoms with E-state index in [9.17, 15) is 24.3 Å². The molecule has 2 rings (SSSR count). The number of ketones is 1. The molecule has 2 aromatic carbocycles. The monoisotopic (exact) mass is 439 g/mol. The Hall–Kier alpha value is -3.36. The number of hydrogen-bond acceptors (Lipinski definition) is 6. The first-order chi connectivity index (χ1) is 15.1. The van der Waals surface area contributed by atoms with Gasteiger partial charge in [0, 0.05) is 5.56 Å². The van der Waals surface area contributed by atoms with Crippen LogP contribution >= 0.6 is 0 Å². The summed E-state index contributed by atoms with van der Waals surface area (Å²) < 4.78 is 0. The Balaban J connectivity index is 3.01. The summed E-state index contributed by atoms with van der Waals surface area (Å²) in [6.45, 7) is 4.21. The Morgan fingerprint density at radius 2 is 1.44 bits per heavy atom. The lowest BCUT2D eigenvalue weighted by Crippen LogP contribution is -2.66. The van der Waals surface area contributed by atoms with E-state index in [0.717, 1.165) is 0 Å². The van der Waals surface area contributed by atoms with Crippen LogP contribution in [0.4, 0.5) is 0 Å². The zero-order valence-corrected chi connectivity index (χ0v) is 18.4. The molecule has 0 aliphatic carbocycles. The van der Waals surface area contributed by atoms with Gasteiger partial charge >= 0.3 is 5.97 Å². The highest BCUT2D eigenvalue weighted by Gasteiger charge is 2.59. The summed E-state index contributed by atoms with van der Waals surface area (Å²) in [7, 11) is 0. The summed E-state index contributed by atoms with van der Waals surface area (Å²) in [6.07, 6.45) is 0. The predicted molar refractivity (Wildman–Crippen MR) is 119 cm³/mol. The van der Waals surface area contributed by atoms with Gasteiger partial charge in [-0.3, -0.25) is 19.3 Å². The maximum absolute atomic E-state index is 13.7. The zero-order valence-electron chi connectivity index (χ0n) is 18.4. The van der Waals surface area contributed by atoms with Gasteiger partial charge in [-0.15, -0.1) is 0 Å². The number of Topliss-reactive ketones (excluding diaryl/α,β-unsaturated/α-hetero) is 1. The maximum atomic E-state index is 13.7. The number of carbonyl (C=O) groups is 4. The molecule has 0 aromatic heterocycles. The molecule has 170 valence electrons. The number of nitrogens with two attached hydrogens (primary N) is 2. The first-order valence-electron chi connectivity index (χ1n) is 10.3. The van der Waals surface area contributed by atoms with Crippen LogP contribution in [0.5, 0.6) is 0 Å². The van der Waals surface area contributed by atoms with E-state index >= 15 is 0 Å². The van der Waals surface area contributed by atoms with E-state index in [1.54, 1.807) is 50.2 Å². The van der Waals surface area contributed by atoms with Crippen molar-refractivity contribution in [3.8, 4) is 0 Å². The molecule has 3 unspecified atom stereocenters. The van der Waals surface area contributed by atoms with E-state index in [2.05, 4.69) is 0 Å². The van der Waals surface area contributed by atoms with Gasteiger partial charge in [-0.25, -0.2) is 4.79 Å². The van der Waals surface area contributed by atoms with E-state index in [1.807, 2.05) is 0 Å². The number of amides is 2. The van der Waals surface area contributed by atoms with Gasteiger partial charge < -0.3 is 16.6 Å². The maximum Gasteiger partial charge on any atom is 0.335 e. The second-order valence-corrected chi connectivity index (χ2v) is 7.96. The summed E-state index contributed by atoms with van der Waals surface area (Å²) in [6, 6.07) is 14.4. The highest BCUT2D eigenvalue weighted by Crippen LogP contribution is 2.42. The van der Waals surface area contributed by atoms with Gasteiger partial charge in [-0.1, -0.05) is 62.4 Å². The smallest absolute Gasteiger partial charge is 0.335 e. The van der Waals surface area contributed by atoms with Gasteiger partial charge in [0.1, 0.15) is 0 Å². The van der Waals surface area contributed by atoms with E-state index < -0.39 is 53.5 Å². The van der Waals surface area contributed by atoms with Crippen LogP contribution in [0.15, 0.2) is 60.7 Å². The standard InChI is InChI=1S/C24H29N3O5/c1-15(2)20(19(28)14-25)24(23(31)32,18-12-8-5-9-13-18)27(21(29)16(3)26)22(30)17-10-6-4-7-11-17/h4-13,15-16,20H,14,25-26H2,1-3H3,(H,31,32). The van der Waals surface area contributed by atoms with Crippen LogP contribution in [0.1, 0.15) is 36.7 Å². The van der Waals surface area contributed by atoms with Gasteiger partial charge in [0.05, 0.1) is 18.5 Å². The molecule has 0 fully saturated rings. The van der Waals surface area contributed by atoms with Crippen molar-refractivity contribution < 1.29 is 24.3 Å². The molecular formula is C24H29N3O5. The fourth-order valence-corrected chi connectivity index (χ4v) is 4.05. The lowest BCUT2D eigenvalue weighted by atomic mass is 9.68. The number of rotatable bonds is 9. The fraction of sp³-hybridized carbons (Fsp3) is 0.333. The first-order valence-corrected chi connectivity index (χ1v) is 10.3. The van der Waals surface area contributed by atoms with Crippen molar-refractivity contribution >= 4 is 23.6 Å². The molecule has 8 nitrogen and oxygen atoms in total. The Morgan fingerprint density at radius 1 is 0.938 bits per heavy atom. The lowest BCUT2D eigenvalue weighted by Gasteiger charge is -2.46. The first kappa shape index (κ1) is 24.9. The van der Waals surface area contributed by atoms with Crippen molar-refractivity contribution in [2.45, 2.75) is 32.4 Å².